The van der Waals surface area contributed by atoms with E-state index in [-0.39, 0.29) is 12.3 Å². The van der Waals surface area contributed by atoms with Crippen LogP contribution in [-0.2, 0) is 11.2 Å². The largest absolute Gasteiger partial charge is 0.481 e. The first-order chi connectivity index (χ1) is 7.49. The van der Waals surface area contributed by atoms with Crippen molar-refractivity contribution in [3.8, 4) is 0 Å². The number of halogens is 2. The highest BCUT2D eigenvalue weighted by atomic mass is 79.9. The summed E-state index contributed by atoms with van der Waals surface area (Å²) in [6, 6.07) is 6.05. The molecule has 1 unspecified atom stereocenters. The molecule has 0 saturated carbocycles. The highest BCUT2D eigenvalue weighted by molar-refractivity contribution is 9.11. The van der Waals surface area contributed by atoms with Crippen molar-refractivity contribution < 1.29 is 9.90 Å². The summed E-state index contributed by atoms with van der Waals surface area (Å²) in [5, 5.41) is 8.66. The molecule has 0 fully saturated rings. The van der Waals surface area contributed by atoms with Gasteiger partial charge >= 0.3 is 5.97 Å². The lowest BCUT2D eigenvalue weighted by atomic mass is 9.98. The minimum absolute atomic E-state index is 0.211. The Hall–Kier alpha value is -0.350. The number of aryl methyl sites for hydroxylation is 1. The molecule has 2 nitrogen and oxygen atoms in total. The van der Waals surface area contributed by atoms with Crippen LogP contribution in [0.4, 0.5) is 0 Å². The van der Waals surface area contributed by atoms with Crippen molar-refractivity contribution in [1.29, 1.82) is 0 Å². The first-order valence-corrected chi connectivity index (χ1v) is 6.73. The van der Waals surface area contributed by atoms with Gasteiger partial charge in [-0.25, -0.2) is 0 Å². The van der Waals surface area contributed by atoms with Gasteiger partial charge in [-0.05, 0) is 42.5 Å². The molecule has 1 aromatic rings. The van der Waals surface area contributed by atoms with E-state index >= 15 is 0 Å². The number of hydrogen-bond donors (Lipinski definition) is 1. The van der Waals surface area contributed by atoms with E-state index in [1.807, 2.05) is 19.1 Å². The average Bonchev–Trinajstić information content (AvgIpc) is 2.18. The summed E-state index contributed by atoms with van der Waals surface area (Å²) in [6.45, 7) is 1.97. The molecule has 0 bridgehead atoms. The van der Waals surface area contributed by atoms with Crippen LogP contribution in [0.1, 0.15) is 25.3 Å². The molecule has 0 saturated heterocycles. The van der Waals surface area contributed by atoms with Crippen molar-refractivity contribution in [2.24, 2.45) is 5.92 Å². The Morgan fingerprint density at radius 3 is 2.75 bits per heavy atom. The highest BCUT2D eigenvalue weighted by Gasteiger charge is 2.09. The Kier molecular flexibility index (Phi) is 5.49. The number of carboxylic acid groups (broad SMARTS) is 1. The zero-order valence-electron chi connectivity index (χ0n) is 9.04. The van der Waals surface area contributed by atoms with Gasteiger partial charge in [-0.3, -0.25) is 4.79 Å². The summed E-state index contributed by atoms with van der Waals surface area (Å²) in [7, 11) is 0. The molecule has 0 aromatic heterocycles. The fourth-order valence-electron chi connectivity index (χ4n) is 1.54. The molecule has 16 heavy (non-hydrogen) atoms. The molecule has 0 radical (unpaired) electrons. The molecular weight excluding hydrogens is 336 g/mol. The fraction of sp³-hybridized carbons (Fsp3) is 0.417. The molecule has 1 atom stereocenters. The van der Waals surface area contributed by atoms with Gasteiger partial charge in [0.05, 0.1) is 0 Å². The van der Waals surface area contributed by atoms with Crippen molar-refractivity contribution in [3.05, 3.63) is 32.7 Å². The first-order valence-electron chi connectivity index (χ1n) is 5.14. The van der Waals surface area contributed by atoms with Crippen molar-refractivity contribution in [2.75, 3.05) is 0 Å². The quantitative estimate of drug-likeness (QED) is 0.862. The van der Waals surface area contributed by atoms with E-state index in [2.05, 4.69) is 37.9 Å². The number of benzene rings is 1. The maximum Gasteiger partial charge on any atom is 0.303 e. The summed E-state index contributed by atoms with van der Waals surface area (Å²) in [5.41, 5.74) is 1.21. The molecular formula is C12H14Br2O2. The monoisotopic (exact) mass is 348 g/mol. The zero-order chi connectivity index (χ0) is 12.1. The van der Waals surface area contributed by atoms with E-state index < -0.39 is 5.97 Å². The molecule has 0 heterocycles. The zero-order valence-corrected chi connectivity index (χ0v) is 12.2. The van der Waals surface area contributed by atoms with Crippen LogP contribution in [0.3, 0.4) is 0 Å². The minimum Gasteiger partial charge on any atom is -0.481 e. The first kappa shape index (κ1) is 13.7. The molecule has 0 aliphatic heterocycles. The fourth-order valence-corrected chi connectivity index (χ4v) is 2.39. The van der Waals surface area contributed by atoms with Gasteiger partial charge in [0, 0.05) is 15.4 Å². The van der Waals surface area contributed by atoms with Gasteiger partial charge in [-0.15, -0.1) is 0 Å². The Balaban J connectivity index is 2.54. The maximum atomic E-state index is 10.5. The smallest absolute Gasteiger partial charge is 0.303 e. The van der Waals surface area contributed by atoms with Crippen LogP contribution in [0.2, 0.25) is 0 Å². The Bertz CT molecular complexity index is 377. The van der Waals surface area contributed by atoms with Crippen LogP contribution in [0.25, 0.3) is 0 Å². The molecule has 0 aliphatic rings. The SMILES string of the molecule is CC(CCc1cc(Br)ccc1Br)CC(=O)O. The maximum absolute atomic E-state index is 10.5. The molecule has 0 spiro atoms. The lowest BCUT2D eigenvalue weighted by molar-refractivity contribution is -0.138. The van der Waals surface area contributed by atoms with Gasteiger partial charge < -0.3 is 5.11 Å². The number of aliphatic carboxylic acids is 1. The topological polar surface area (TPSA) is 37.3 Å². The summed E-state index contributed by atoms with van der Waals surface area (Å²) < 4.78 is 2.13. The standard InChI is InChI=1S/C12H14Br2O2/c1-8(6-12(15)16)2-3-9-7-10(13)4-5-11(9)14/h4-5,7-8H,2-3,6H2,1H3,(H,15,16). The van der Waals surface area contributed by atoms with Gasteiger partial charge in [-0.1, -0.05) is 38.8 Å². The Morgan fingerprint density at radius 2 is 2.12 bits per heavy atom. The van der Waals surface area contributed by atoms with Gasteiger partial charge in [0.1, 0.15) is 0 Å². The van der Waals surface area contributed by atoms with Crippen molar-refractivity contribution >= 4 is 37.8 Å². The van der Waals surface area contributed by atoms with Crippen LogP contribution in [0, 0.1) is 5.92 Å². The van der Waals surface area contributed by atoms with Gasteiger partial charge in [0.15, 0.2) is 0 Å². The van der Waals surface area contributed by atoms with Gasteiger partial charge in [0.2, 0.25) is 0 Å². The lowest BCUT2D eigenvalue weighted by Gasteiger charge is -2.10. The summed E-state index contributed by atoms with van der Waals surface area (Å²) >= 11 is 6.92. The predicted octanol–water partition coefficient (Wildman–Crippen LogP) is 4.26. The average molecular weight is 350 g/mol. The van der Waals surface area contributed by atoms with Crippen LogP contribution >= 0.6 is 31.9 Å². The second kappa shape index (κ2) is 6.40. The number of carboxylic acids is 1. The van der Waals surface area contributed by atoms with E-state index in [9.17, 15) is 4.79 Å². The minimum atomic E-state index is -0.721. The van der Waals surface area contributed by atoms with Crippen molar-refractivity contribution in [2.45, 2.75) is 26.2 Å². The number of rotatable bonds is 5. The van der Waals surface area contributed by atoms with Gasteiger partial charge in [-0.2, -0.15) is 0 Å². The molecule has 0 amide bonds. The third-order valence-corrected chi connectivity index (χ3v) is 3.70. The summed E-state index contributed by atoms with van der Waals surface area (Å²) in [6.07, 6.45) is 2.03. The van der Waals surface area contributed by atoms with Crippen LogP contribution in [0.15, 0.2) is 27.1 Å². The highest BCUT2D eigenvalue weighted by Crippen LogP contribution is 2.24. The van der Waals surface area contributed by atoms with Crippen molar-refractivity contribution in [3.63, 3.8) is 0 Å². The van der Waals surface area contributed by atoms with E-state index in [4.69, 9.17) is 5.11 Å². The van der Waals surface area contributed by atoms with Crippen LogP contribution in [-0.4, -0.2) is 11.1 Å². The molecule has 4 heteroatoms. The molecule has 1 rings (SSSR count). The third kappa shape index (κ3) is 4.66. The Morgan fingerprint density at radius 1 is 1.44 bits per heavy atom. The second-order valence-corrected chi connectivity index (χ2v) is 5.75. The third-order valence-electron chi connectivity index (χ3n) is 2.44. The second-order valence-electron chi connectivity index (χ2n) is 3.98. The van der Waals surface area contributed by atoms with E-state index in [1.54, 1.807) is 0 Å². The molecule has 0 aliphatic carbocycles. The normalized spacial score (nSPS) is 12.4. The van der Waals surface area contributed by atoms with Crippen LogP contribution < -0.4 is 0 Å². The van der Waals surface area contributed by atoms with E-state index in [0.717, 1.165) is 21.8 Å². The van der Waals surface area contributed by atoms with Gasteiger partial charge in [0.25, 0.3) is 0 Å². The number of carbonyl (C=O) groups is 1. The predicted molar refractivity (Wildman–Crippen MR) is 71.6 cm³/mol. The summed E-state index contributed by atoms with van der Waals surface area (Å²) in [4.78, 5) is 10.5. The summed E-state index contributed by atoms with van der Waals surface area (Å²) in [5.74, 6) is -0.510. The van der Waals surface area contributed by atoms with Crippen LogP contribution in [0.5, 0.6) is 0 Å². The molecule has 1 aromatic carbocycles. The van der Waals surface area contributed by atoms with E-state index in [1.165, 1.54) is 5.56 Å². The van der Waals surface area contributed by atoms with Crippen molar-refractivity contribution in [1.82, 2.24) is 0 Å². The number of hydrogen-bond acceptors (Lipinski definition) is 1. The molecule has 88 valence electrons. The molecule has 1 N–H and O–H groups in total. The Labute approximate surface area is 112 Å². The lowest BCUT2D eigenvalue weighted by Crippen LogP contribution is -2.05. The van der Waals surface area contributed by atoms with E-state index in [0.29, 0.717) is 0 Å².